The van der Waals surface area contributed by atoms with E-state index in [4.69, 9.17) is 9.78 Å². The van der Waals surface area contributed by atoms with E-state index in [1.807, 2.05) is 36.4 Å². The Balaban J connectivity index is 1.89. The second-order valence-electron chi connectivity index (χ2n) is 4.31. The molecule has 100 valence electrons. The molecular formula is C16H9N3O2. The van der Waals surface area contributed by atoms with Gasteiger partial charge in [0.25, 0.3) is 5.89 Å². The lowest BCUT2D eigenvalue weighted by atomic mass is 10.1. The van der Waals surface area contributed by atoms with Gasteiger partial charge in [0.15, 0.2) is 0 Å². The first-order valence-corrected chi connectivity index (χ1v) is 6.22. The number of nitriles is 1. The van der Waals surface area contributed by atoms with Gasteiger partial charge in [-0.15, -0.1) is 0 Å². The Morgan fingerprint density at radius 2 is 1.76 bits per heavy atom. The van der Waals surface area contributed by atoms with Gasteiger partial charge in [0, 0.05) is 11.1 Å². The van der Waals surface area contributed by atoms with E-state index in [9.17, 15) is 4.79 Å². The Morgan fingerprint density at radius 1 is 1.05 bits per heavy atom. The van der Waals surface area contributed by atoms with Gasteiger partial charge in [-0.25, -0.2) is 0 Å². The van der Waals surface area contributed by atoms with Crippen LogP contribution in [-0.2, 0) is 0 Å². The Hall–Kier alpha value is -3.26. The average Bonchev–Trinajstić information content (AvgIpc) is 3.05. The summed E-state index contributed by atoms with van der Waals surface area (Å²) < 4.78 is 5.10. The minimum Gasteiger partial charge on any atom is -0.333 e. The monoisotopic (exact) mass is 275 g/mol. The summed E-state index contributed by atoms with van der Waals surface area (Å²) in [5.41, 5.74) is 1.66. The molecule has 0 radical (unpaired) electrons. The standard InChI is InChI=1S/C16H9N3O2/c17-10-11-6-8-12(9-7-11)14(20)15-18-16(21-19-15)13-4-2-1-3-5-13/h1-9H. The number of aromatic nitrogens is 2. The van der Waals surface area contributed by atoms with Crippen LogP contribution in [0.3, 0.4) is 0 Å². The molecule has 3 aromatic rings. The van der Waals surface area contributed by atoms with Crippen molar-refractivity contribution in [2.45, 2.75) is 0 Å². The maximum absolute atomic E-state index is 12.2. The van der Waals surface area contributed by atoms with Gasteiger partial charge < -0.3 is 4.52 Å². The predicted octanol–water partition coefficient (Wildman–Crippen LogP) is 2.84. The molecule has 0 atom stereocenters. The smallest absolute Gasteiger partial charge is 0.258 e. The van der Waals surface area contributed by atoms with Gasteiger partial charge in [-0.3, -0.25) is 4.79 Å². The van der Waals surface area contributed by atoms with Crippen LogP contribution in [0.4, 0.5) is 0 Å². The minimum absolute atomic E-state index is 0.00133. The Bertz CT molecular complexity index is 815. The fourth-order valence-corrected chi connectivity index (χ4v) is 1.84. The number of nitrogens with zero attached hydrogens (tertiary/aromatic N) is 3. The summed E-state index contributed by atoms with van der Waals surface area (Å²) in [5.74, 6) is -0.0448. The highest BCUT2D eigenvalue weighted by atomic mass is 16.5. The molecule has 0 amide bonds. The molecule has 0 bridgehead atoms. The summed E-state index contributed by atoms with van der Waals surface area (Å²) in [7, 11) is 0. The highest BCUT2D eigenvalue weighted by Crippen LogP contribution is 2.17. The predicted molar refractivity (Wildman–Crippen MR) is 74.3 cm³/mol. The Morgan fingerprint density at radius 3 is 2.43 bits per heavy atom. The molecule has 0 saturated carbocycles. The Kier molecular flexibility index (Phi) is 3.27. The molecule has 0 saturated heterocycles. The first kappa shape index (κ1) is 12.8. The van der Waals surface area contributed by atoms with Gasteiger partial charge in [-0.05, 0) is 36.4 Å². The van der Waals surface area contributed by atoms with Gasteiger partial charge in [-0.1, -0.05) is 23.4 Å². The summed E-state index contributed by atoms with van der Waals surface area (Å²) >= 11 is 0. The first-order valence-electron chi connectivity index (χ1n) is 6.22. The second kappa shape index (κ2) is 5.39. The molecule has 0 aliphatic carbocycles. The van der Waals surface area contributed by atoms with Crippen LogP contribution in [0.2, 0.25) is 0 Å². The van der Waals surface area contributed by atoms with Crippen LogP contribution in [0, 0.1) is 11.3 Å². The van der Waals surface area contributed by atoms with E-state index in [0.717, 1.165) is 5.56 Å². The van der Waals surface area contributed by atoms with Crippen LogP contribution < -0.4 is 0 Å². The first-order chi connectivity index (χ1) is 10.3. The molecule has 0 unspecified atom stereocenters. The van der Waals surface area contributed by atoms with E-state index >= 15 is 0 Å². The van der Waals surface area contributed by atoms with Gasteiger partial charge in [0.05, 0.1) is 11.6 Å². The van der Waals surface area contributed by atoms with Crippen LogP contribution in [0.1, 0.15) is 21.7 Å². The zero-order valence-electron chi connectivity index (χ0n) is 10.9. The van der Waals surface area contributed by atoms with Crippen LogP contribution in [0.25, 0.3) is 11.5 Å². The summed E-state index contributed by atoms with van der Waals surface area (Å²) in [6, 6.07) is 17.5. The summed E-state index contributed by atoms with van der Waals surface area (Å²) in [6.07, 6.45) is 0. The topological polar surface area (TPSA) is 79.8 Å². The molecule has 5 nitrogen and oxygen atoms in total. The van der Waals surface area contributed by atoms with Crippen LogP contribution in [0.5, 0.6) is 0 Å². The van der Waals surface area contributed by atoms with E-state index in [1.54, 1.807) is 24.3 Å². The number of hydrogen-bond donors (Lipinski definition) is 0. The second-order valence-corrected chi connectivity index (χ2v) is 4.31. The van der Waals surface area contributed by atoms with Gasteiger partial charge in [-0.2, -0.15) is 10.2 Å². The van der Waals surface area contributed by atoms with E-state index in [0.29, 0.717) is 17.0 Å². The largest absolute Gasteiger partial charge is 0.333 e. The van der Waals surface area contributed by atoms with Crippen molar-refractivity contribution in [2.75, 3.05) is 0 Å². The molecule has 1 heterocycles. The average molecular weight is 275 g/mol. The quantitative estimate of drug-likeness (QED) is 0.686. The molecule has 0 spiro atoms. The van der Waals surface area contributed by atoms with Crippen molar-refractivity contribution in [2.24, 2.45) is 0 Å². The Labute approximate surface area is 120 Å². The van der Waals surface area contributed by atoms with E-state index in [-0.39, 0.29) is 11.6 Å². The molecule has 21 heavy (non-hydrogen) atoms. The number of ketones is 1. The fraction of sp³-hybridized carbons (Fsp3) is 0. The maximum atomic E-state index is 12.2. The van der Waals surface area contributed by atoms with Crippen molar-refractivity contribution in [1.82, 2.24) is 10.1 Å². The summed E-state index contributed by atoms with van der Waals surface area (Å²) in [5, 5.41) is 12.4. The molecule has 5 heteroatoms. The lowest BCUT2D eigenvalue weighted by Crippen LogP contribution is -2.03. The van der Waals surface area contributed by atoms with E-state index in [2.05, 4.69) is 10.1 Å². The highest BCUT2D eigenvalue weighted by molar-refractivity contribution is 6.06. The molecule has 0 aliphatic heterocycles. The third-order valence-corrected chi connectivity index (χ3v) is 2.93. The number of hydrogen-bond acceptors (Lipinski definition) is 5. The lowest BCUT2D eigenvalue weighted by Gasteiger charge is -1.95. The minimum atomic E-state index is -0.342. The fourth-order valence-electron chi connectivity index (χ4n) is 1.84. The SMILES string of the molecule is N#Cc1ccc(C(=O)c2noc(-c3ccccc3)n2)cc1. The third-order valence-electron chi connectivity index (χ3n) is 2.93. The summed E-state index contributed by atoms with van der Waals surface area (Å²) in [6.45, 7) is 0. The third kappa shape index (κ3) is 2.55. The van der Waals surface area contributed by atoms with Crippen LogP contribution in [-0.4, -0.2) is 15.9 Å². The van der Waals surface area contributed by atoms with Crippen molar-refractivity contribution in [1.29, 1.82) is 5.26 Å². The molecular weight excluding hydrogens is 266 g/mol. The number of carbonyl (C=O) groups is 1. The van der Waals surface area contributed by atoms with Gasteiger partial charge >= 0.3 is 0 Å². The van der Waals surface area contributed by atoms with Crippen LogP contribution in [0.15, 0.2) is 59.1 Å². The summed E-state index contributed by atoms with van der Waals surface area (Å²) in [4.78, 5) is 16.3. The molecule has 0 aliphatic rings. The van der Waals surface area contributed by atoms with E-state index in [1.165, 1.54) is 0 Å². The molecule has 0 fully saturated rings. The van der Waals surface area contributed by atoms with Gasteiger partial charge in [0.1, 0.15) is 0 Å². The van der Waals surface area contributed by atoms with Gasteiger partial charge in [0.2, 0.25) is 11.6 Å². The van der Waals surface area contributed by atoms with Crippen molar-refractivity contribution in [3.63, 3.8) is 0 Å². The molecule has 1 aromatic heterocycles. The maximum Gasteiger partial charge on any atom is 0.258 e. The van der Waals surface area contributed by atoms with Crippen molar-refractivity contribution < 1.29 is 9.32 Å². The van der Waals surface area contributed by atoms with E-state index < -0.39 is 0 Å². The number of benzene rings is 2. The highest BCUT2D eigenvalue weighted by Gasteiger charge is 2.17. The molecule has 3 rings (SSSR count). The van der Waals surface area contributed by atoms with Crippen LogP contribution >= 0.6 is 0 Å². The lowest BCUT2D eigenvalue weighted by molar-refractivity contribution is 0.102. The molecule has 0 N–H and O–H groups in total. The normalized spacial score (nSPS) is 10.0. The van der Waals surface area contributed by atoms with Crippen molar-refractivity contribution in [3.8, 4) is 17.5 Å². The van der Waals surface area contributed by atoms with Crippen molar-refractivity contribution in [3.05, 3.63) is 71.5 Å². The molecule has 2 aromatic carbocycles. The number of carbonyl (C=O) groups excluding carboxylic acids is 1. The zero-order valence-corrected chi connectivity index (χ0v) is 10.9. The zero-order chi connectivity index (χ0) is 14.7. The number of rotatable bonds is 3. The van der Waals surface area contributed by atoms with Crippen molar-refractivity contribution >= 4 is 5.78 Å².